The Kier molecular flexibility index (Phi) is 7.78. The molecular formula is C36H44N4O5S. The van der Waals surface area contributed by atoms with Crippen LogP contribution in [-0.4, -0.2) is 60.2 Å². The van der Waals surface area contributed by atoms with Crippen molar-refractivity contribution in [1.29, 1.82) is 0 Å². The van der Waals surface area contributed by atoms with Gasteiger partial charge >= 0.3 is 0 Å². The van der Waals surface area contributed by atoms with E-state index in [0.29, 0.717) is 26.1 Å². The summed E-state index contributed by atoms with van der Waals surface area (Å²) in [4.78, 5) is 18.2. The number of aryl methyl sites for hydroxylation is 4. The van der Waals surface area contributed by atoms with Crippen LogP contribution in [0.4, 0.5) is 0 Å². The van der Waals surface area contributed by atoms with Gasteiger partial charge in [0.05, 0.1) is 37.5 Å². The number of H-pyrrole nitrogens is 2. The van der Waals surface area contributed by atoms with Crippen LogP contribution in [-0.2, 0) is 43.0 Å². The van der Waals surface area contributed by atoms with Crippen LogP contribution in [0.15, 0.2) is 18.2 Å². The maximum absolute atomic E-state index is 11.7. The van der Waals surface area contributed by atoms with Gasteiger partial charge < -0.3 is 19.4 Å². The van der Waals surface area contributed by atoms with Gasteiger partial charge in [0.1, 0.15) is 0 Å². The van der Waals surface area contributed by atoms with Gasteiger partial charge in [-0.05, 0) is 92.5 Å². The molecule has 0 aromatic carbocycles. The molecule has 1 spiro atoms. The standard InChI is InChI=1S/C36H44N4O5S/c1-8-23-19(3)27-15-29-21(5)25(11-10-12-45-46(7,41)42)34(39-29)26-18-36(43-13-14-44-36)33-22(6)30(40-35(26)33)17-32-24(9-2)20(4)28(38-32)16-31(23)37-27/h15-17,21,25,37-38H,8-14,18H2,1-7H3/t21-,25-/m0/s1. The number of nitrogens with one attached hydrogen (secondary N) is 2. The summed E-state index contributed by atoms with van der Waals surface area (Å²) in [5.74, 6) is -0.717. The van der Waals surface area contributed by atoms with Crippen molar-refractivity contribution < 1.29 is 22.1 Å². The van der Waals surface area contributed by atoms with E-state index < -0.39 is 15.9 Å². The van der Waals surface area contributed by atoms with Gasteiger partial charge in [0.25, 0.3) is 10.1 Å². The van der Waals surface area contributed by atoms with Crippen molar-refractivity contribution in [1.82, 2.24) is 19.9 Å². The Morgan fingerprint density at radius 2 is 1.57 bits per heavy atom. The van der Waals surface area contributed by atoms with Gasteiger partial charge in [0.15, 0.2) is 0 Å². The minimum Gasteiger partial charge on any atom is -0.355 e. The molecule has 3 aliphatic heterocycles. The van der Waals surface area contributed by atoms with Crippen LogP contribution >= 0.6 is 0 Å². The van der Waals surface area contributed by atoms with Crippen molar-refractivity contribution in [2.75, 3.05) is 26.1 Å². The molecule has 8 bridgehead atoms. The number of hydrogen-bond donors (Lipinski definition) is 2. The lowest BCUT2D eigenvalue weighted by molar-refractivity contribution is -0.100. The third-order valence-corrected chi connectivity index (χ3v) is 11.1. The summed E-state index contributed by atoms with van der Waals surface area (Å²) >= 11 is 0. The predicted octanol–water partition coefficient (Wildman–Crippen LogP) is 6.93. The molecule has 1 aliphatic carbocycles. The Bertz CT molecular complexity index is 2050. The maximum Gasteiger partial charge on any atom is 0.264 e. The first-order valence-corrected chi connectivity index (χ1v) is 18.4. The van der Waals surface area contributed by atoms with E-state index in [-0.39, 0.29) is 18.4 Å². The van der Waals surface area contributed by atoms with Gasteiger partial charge in [-0.3, -0.25) is 9.17 Å². The van der Waals surface area contributed by atoms with Crippen molar-refractivity contribution >= 4 is 43.3 Å². The van der Waals surface area contributed by atoms with Gasteiger partial charge in [-0.15, -0.1) is 0 Å². The zero-order valence-corrected chi connectivity index (χ0v) is 28.7. The average molecular weight is 645 g/mol. The second-order valence-electron chi connectivity index (χ2n) is 13.2. The van der Waals surface area contributed by atoms with Crippen LogP contribution in [0.3, 0.4) is 0 Å². The van der Waals surface area contributed by atoms with Crippen molar-refractivity contribution in [3.63, 3.8) is 0 Å². The van der Waals surface area contributed by atoms with Crippen LogP contribution < -0.4 is 0 Å². The van der Waals surface area contributed by atoms with E-state index in [1.54, 1.807) is 0 Å². The monoisotopic (exact) mass is 644 g/mol. The van der Waals surface area contributed by atoms with Gasteiger partial charge in [-0.25, -0.2) is 4.98 Å². The number of aromatic amines is 2. The maximum atomic E-state index is 11.7. The van der Waals surface area contributed by atoms with Crippen LogP contribution in [0.5, 0.6) is 0 Å². The molecule has 9 nitrogen and oxygen atoms in total. The molecule has 4 aliphatic rings. The highest BCUT2D eigenvalue weighted by atomic mass is 32.2. The largest absolute Gasteiger partial charge is 0.355 e. The average Bonchev–Trinajstić information content (AvgIpc) is 3.83. The lowest BCUT2D eigenvalue weighted by atomic mass is 9.85. The Labute approximate surface area is 270 Å². The van der Waals surface area contributed by atoms with E-state index in [1.165, 1.54) is 22.3 Å². The molecule has 46 heavy (non-hydrogen) atoms. The van der Waals surface area contributed by atoms with Crippen molar-refractivity contribution in [2.45, 2.75) is 91.3 Å². The molecular weight excluding hydrogens is 600 g/mol. The molecule has 7 rings (SSSR count). The number of hydrogen-bond acceptors (Lipinski definition) is 7. The first-order chi connectivity index (χ1) is 21.9. The number of ether oxygens (including phenoxy) is 2. The topological polar surface area (TPSA) is 119 Å². The van der Waals surface area contributed by atoms with Gasteiger partial charge in [0.2, 0.25) is 5.79 Å². The number of nitrogens with zero attached hydrogens (tertiary/aromatic N) is 2. The van der Waals surface area contributed by atoms with Gasteiger partial charge in [-0.1, -0.05) is 20.8 Å². The molecule has 10 heteroatoms. The number of rotatable bonds is 7. The van der Waals surface area contributed by atoms with Crippen molar-refractivity contribution in [2.24, 2.45) is 0 Å². The molecule has 3 aromatic heterocycles. The molecule has 0 radical (unpaired) electrons. The fraction of sp³-hybridized carbons (Fsp3) is 0.500. The third-order valence-electron chi connectivity index (χ3n) is 10.5. The molecule has 3 aromatic rings. The van der Waals surface area contributed by atoms with E-state index in [2.05, 4.69) is 69.7 Å². The van der Waals surface area contributed by atoms with E-state index in [9.17, 15) is 8.42 Å². The summed E-state index contributed by atoms with van der Waals surface area (Å²) in [6.07, 6.45) is 4.77. The van der Waals surface area contributed by atoms with Crippen LogP contribution in [0, 0.1) is 13.8 Å². The first-order valence-electron chi connectivity index (χ1n) is 16.5. The Balaban J connectivity index is 1.54. The second-order valence-corrected chi connectivity index (χ2v) is 14.8. The molecule has 0 amide bonds. The molecule has 2 atom stereocenters. The minimum atomic E-state index is -3.51. The fourth-order valence-electron chi connectivity index (χ4n) is 8.06. The zero-order valence-electron chi connectivity index (χ0n) is 27.9. The molecule has 1 saturated heterocycles. The normalized spacial score (nSPS) is 20.4. The first kappa shape index (κ1) is 31.3. The van der Waals surface area contributed by atoms with E-state index in [4.69, 9.17) is 23.6 Å². The number of fused-ring (bicyclic) bond motifs is 9. The lowest BCUT2D eigenvalue weighted by Crippen LogP contribution is -2.30. The summed E-state index contributed by atoms with van der Waals surface area (Å²) in [6, 6.07) is 6.63. The van der Waals surface area contributed by atoms with E-state index in [1.807, 2.05) is 0 Å². The Morgan fingerprint density at radius 3 is 2.20 bits per heavy atom. The Morgan fingerprint density at radius 1 is 0.935 bits per heavy atom. The van der Waals surface area contributed by atoms with Gasteiger partial charge in [0, 0.05) is 62.8 Å². The Hall–Kier alpha value is -3.31. The van der Waals surface area contributed by atoms with Crippen LogP contribution in [0.1, 0.15) is 103 Å². The zero-order chi connectivity index (χ0) is 32.5. The SMILES string of the molecule is CCc1c(C)c2cc3[nH]c(cc4nc(c5c6nc(cc1[nH]2)C(C)=C6C1(C5)OCCO1)[C@@H](CCCOS(C)(=O)=O)[C@@H]4C)c(C)c3CC. The van der Waals surface area contributed by atoms with E-state index in [0.717, 1.165) is 87.1 Å². The number of allylic oxidation sites excluding steroid dienone is 1. The fourth-order valence-corrected chi connectivity index (χ4v) is 8.48. The molecule has 0 unspecified atom stereocenters. The highest BCUT2D eigenvalue weighted by Crippen LogP contribution is 2.53. The molecule has 0 saturated carbocycles. The smallest absolute Gasteiger partial charge is 0.264 e. The molecule has 244 valence electrons. The lowest BCUT2D eigenvalue weighted by Gasteiger charge is -2.24. The highest BCUT2D eigenvalue weighted by molar-refractivity contribution is 7.85. The van der Waals surface area contributed by atoms with Crippen LogP contribution in [0.25, 0.3) is 33.2 Å². The number of aromatic nitrogens is 4. The van der Waals surface area contributed by atoms with Crippen molar-refractivity contribution in [3.8, 4) is 0 Å². The minimum absolute atomic E-state index is 0.0563. The van der Waals surface area contributed by atoms with E-state index >= 15 is 0 Å². The quantitative estimate of drug-likeness (QED) is 0.211. The predicted molar refractivity (Wildman–Crippen MR) is 181 cm³/mol. The molecule has 6 heterocycles. The second kappa shape index (κ2) is 11.4. The highest BCUT2D eigenvalue weighted by Gasteiger charge is 2.52. The molecule has 2 N–H and O–H groups in total. The van der Waals surface area contributed by atoms with Crippen LogP contribution in [0.2, 0.25) is 0 Å². The third kappa shape index (κ3) is 5.05. The summed E-state index contributed by atoms with van der Waals surface area (Å²) in [5.41, 5.74) is 16.3. The summed E-state index contributed by atoms with van der Waals surface area (Å²) in [7, 11) is -3.51. The summed E-state index contributed by atoms with van der Waals surface area (Å²) in [5, 5.41) is 0. The summed E-state index contributed by atoms with van der Waals surface area (Å²) < 4.78 is 41.4. The summed E-state index contributed by atoms with van der Waals surface area (Å²) in [6.45, 7) is 14.3. The van der Waals surface area contributed by atoms with Gasteiger partial charge in [-0.2, -0.15) is 8.42 Å². The van der Waals surface area contributed by atoms with Crippen molar-refractivity contribution in [3.05, 3.63) is 68.8 Å². The molecule has 1 fully saturated rings.